The number of halogens is 4. The van der Waals surface area contributed by atoms with Crippen molar-refractivity contribution in [3.63, 3.8) is 0 Å². The first kappa shape index (κ1) is 14.3. The lowest BCUT2D eigenvalue weighted by Crippen LogP contribution is -2.37. The molecule has 19 heavy (non-hydrogen) atoms. The van der Waals surface area contributed by atoms with Gasteiger partial charge in [-0.1, -0.05) is 6.42 Å². The van der Waals surface area contributed by atoms with E-state index >= 15 is 0 Å². The standard InChI is InChI=1S/C13H15F4NO/c14-10-5-4-8(13(15,16)17)6-9(10)11(18)12(19)7-2-1-3-7/h4-7,11-12,19H,1-3,18H2/t11-,12+/m1/s1. The third-order valence-corrected chi connectivity index (χ3v) is 3.68. The number of aliphatic hydroxyl groups is 1. The van der Waals surface area contributed by atoms with Gasteiger partial charge in [-0.25, -0.2) is 4.39 Å². The topological polar surface area (TPSA) is 46.2 Å². The van der Waals surface area contributed by atoms with E-state index in [2.05, 4.69) is 0 Å². The zero-order chi connectivity index (χ0) is 14.2. The summed E-state index contributed by atoms with van der Waals surface area (Å²) in [7, 11) is 0. The number of aliphatic hydroxyl groups excluding tert-OH is 1. The van der Waals surface area contributed by atoms with Crippen molar-refractivity contribution in [2.45, 2.75) is 37.6 Å². The highest BCUT2D eigenvalue weighted by atomic mass is 19.4. The van der Waals surface area contributed by atoms with Gasteiger partial charge in [0.1, 0.15) is 5.82 Å². The fraction of sp³-hybridized carbons (Fsp3) is 0.538. The van der Waals surface area contributed by atoms with Gasteiger partial charge in [0.2, 0.25) is 0 Å². The minimum atomic E-state index is -4.55. The van der Waals surface area contributed by atoms with Crippen molar-refractivity contribution in [2.75, 3.05) is 0 Å². The Labute approximate surface area is 108 Å². The minimum Gasteiger partial charge on any atom is -0.391 e. The van der Waals surface area contributed by atoms with Gasteiger partial charge in [0, 0.05) is 5.56 Å². The minimum absolute atomic E-state index is 0.0519. The molecule has 1 aromatic carbocycles. The zero-order valence-corrected chi connectivity index (χ0v) is 10.1. The number of rotatable bonds is 3. The van der Waals surface area contributed by atoms with Gasteiger partial charge in [0.15, 0.2) is 0 Å². The first-order valence-corrected chi connectivity index (χ1v) is 6.11. The van der Waals surface area contributed by atoms with Crippen LogP contribution in [0, 0.1) is 11.7 Å². The van der Waals surface area contributed by atoms with E-state index in [9.17, 15) is 22.7 Å². The van der Waals surface area contributed by atoms with Gasteiger partial charge in [-0.15, -0.1) is 0 Å². The first-order valence-electron chi connectivity index (χ1n) is 6.11. The Morgan fingerprint density at radius 3 is 2.37 bits per heavy atom. The van der Waals surface area contributed by atoms with Crippen LogP contribution < -0.4 is 5.73 Å². The van der Waals surface area contributed by atoms with Crippen molar-refractivity contribution in [1.29, 1.82) is 0 Å². The Morgan fingerprint density at radius 2 is 1.89 bits per heavy atom. The number of alkyl halides is 3. The van der Waals surface area contributed by atoms with E-state index in [1.807, 2.05) is 0 Å². The molecule has 0 spiro atoms. The molecule has 1 aliphatic rings. The summed E-state index contributed by atoms with van der Waals surface area (Å²) in [6, 6.07) is 0.960. The van der Waals surface area contributed by atoms with Crippen LogP contribution in [0.5, 0.6) is 0 Å². The van der Waals surface area contributed by atoms with Crippen LogP contribution in [0.1, 0.15) is 36.4 Å². The quantitative estimate of drug-likeness (QED) is 0.834. The van der Waals surface area contributed by atoms with Gasteiger partial charge in [-0.2, -0.15) is 13.2 Å². The summed E-state index contributed by atoms with van der Waals surface area (Å²) in [5, 5.41) is 9.94. The number of hydrogen-bond donors (Lipinski definition) is 2. The Balaban J connectivity index is 2.27. The molecule has 0 radical (unpaired) electrons. The summed E-state index contributed by atoms with van der Waals surface area (Å²) >= 11 is 0. The van der Waals surface area contributed by atoms with Crippen molar-refractivity contribution < 1.29 is 22.7 Å². The van der Waals surface area contributed by atoms with Crippen molar-refractivity contribution in [3.8, 4) is 0 Å². The van der Waals surface area contributed by atoms with Crippen LogP contribution in [0.3, 0.4) is 0 Å². The molecule has 0 unspecified atom stereocenters. The van der Waals surface area contributed by atoms with Gasteiger partial charge < -0.3 is 10.8 Å². The van der Waals surface area contributed by atoms with Crippen LogP contribution in [0.15, 0.2) is 18.2 Å². The molecule has 1 fully saturated rings. The van der Waals surface area contributed by atoms with E-state index in [0.29, 0.717) is 12.1 Å². The molecule has 0 aromatic heterocycles. The van der Waals surface area contributed by atoms with E-state index in [0.717, 1.165) is 25.3 Å². The van der Waals surface area contributed by atoms with E-state index in [1.54, 1.807) is 0 Å². The second-order valence-corrected chi connectivity index (χ2v) is 4.94. The summed E-state index contributed by atoms with van der Waals surface area (Å²) in [6.07, 6.45) is -3.06. The SMILES string of the molecule is N[C@H](c1cc(C(F)(F)F)ccc1F)[C@@H](O)C1CCC1. The summed E-state index contributed by atoms with van der Waals surface area (Å²) in [5.74, 6) is -0.872. The largest absolute Gasteiger partial charge is 0.416 e. The zero-order valence-electron chi connectivity index (χ0n) is 10.1. The van der Waals surface area contributed by atoms with E-state index in [-0.39, 0.29) is 11.5 Å². The molecular weight excluding hydrogens is 262 g/mol. The van der Waals surface area contributed by atoms with E-state index < -0.39 is 29.7 Å². The van der Waals surface area contributed by atoms with Crippen molar-refractivity contribution >= 4 is 0 Å². The van der Waals surface area contributed by atoms with Gasteiger partial charge in [0.25, 0.3) is 0 Å². The lowest BCUT2D eigenvalue weighted by atomic mass is 9.77. The highest BCUT2D eigenvalue weighted by molar-refractivity contribution is 5.30. The lowest BCUT2D eigenvalue weighted by molar-refractivity contribution is -0.137. The van der Waals surface area contributed by atoms with Gasteiger partial charge >= 0.3 is 6.18 Å². The average molecular weight is 277 g/mol. The van der Waals surface area contributed by atoms with Gasteiger partial charge in [-0.3, -0.25) is 0 Å². The van der Waals surface area contributed by atoms with Gasteiger partial charge in [0.05, 0.1) is 17.7 Å². The third kappa shape index (κ3) is 2.90. The predicted octanol–water partition coefficient (Wildman–Crippen LogP) is 3.01. The van der Waals surface area contributed by atoms with Crippen LogP contribution in [0.25, 0.3) is 0 Å². The second kappa shape index (κ2) is 5.09. The molecule has 6 heteroatoms. The Hall–Kier alpha value is -1.14. The predicted molar refractivity (Wildman–Crippen MR) is 61.7 cm³/mol. The molecule has 1 saturated carbocycles. The molecule has 1 aromatic rings. The number of nitrogens with two attached hydrogens (primary N) is 1. The molecule has 106 valence electrons. The smallest absolute Gasteiger partial charge is 0.391 e. The highest BCUT2D eigenvalue weighted by Gasteiger charge is 2.35. The molecule has 2 atom stereocenters. The summed E-state index contributed by atoms with van der Waals surface area (Å²) in [5.41, 5.74) is 4.46. The lowest BCUT2D eigenvalue weighted by Gasteiger charge is -2.34. The Kier molecular flexibility index (Phi) is 3.82. The number of benzene rings is 1. The summed E-state index contributed by atoms with van der Waals surface area (Å²) in [4.78, 5) is 0. The average Bonchev–Trinajstić information content (AvgIpc) is 2.24. The normalized spacial score (nSPS) is 19.9. The maximum atomic E-state index is 13.6. The fourth-order valence-electron chi connectivity index (χ4n) is 2.23. The van der Waals surface area contributed by atoms with Crippen LogP contribution >= 0.6 is 0 Å². The fourth-order valence-corrected chi connectivity index (χ4v) is 2.23. The third-order valence-electron chi connectivity index (χ3n) is 3.68. The summed E-state index contributed by atoms with van der Waals surface area (Å²) in [6.45, 7) is 0. The van der Waals surface area contributed by atoms with Crippen LogP contribution in [0.2, 0.25) is 0 Å². The van der Waals surface area contributed by atoms with Crippen LogP contribution in [0.4, 0.5) is 17.6 Å². The monoisotopic (exact) mass is 277 g/mol. The maximum absolute atomic E-state index is 13.6. The molecule has 0 saturated heterocycles. The highest BCUT2D eigenvalue weighted by Crippen LogP contribution is 2.36. The molecule has 0 bridgehead atoms. The molecular formula is C13H15F4NO. The molecule has 0 aliphatic heterocycles. The maximum Gasteiger partial charge on any atom is 0.416 e. The van der Waals surface area contributed by atoms with Crippen molar-refractivity contribution in [1.82, 2.24) is 0 Å². The molecule has 1 aliphatic carbocycles. The second-order valence-electron chi connectivity index (χ2n) is 4.94. The molecule has 2 nitrogen and oxygen atoms in total. The first-order chi connectivity index (χ1) is 8.80. The van der Waals surface area contributed by atoms with Crippen molar-refractivity contribution in [2.24, 2.45) is 11.7 Å². The number of hydrogen-bond acceptors (Lipinski definition) is 2. The van der Waals surface area contributed by atoms with Crippen molar-refractivity contribution in [3.05, 3.63) is 35.1 Å². The van der Waals surface area contributed by atoms with E-state index in [1.165, 1.54) is 0 Å². The Morgan fingerprint density at radius 1 is 1.26 bits per heavy atom. The van der Waals surface area contributed by atoms with E-state index in [4.69, 9.17) is 5.73 Å². The Bertz CT molecular complexity index is 456. The molecule has 0 amide bonds. The molecule has 2 rings (SSSR count). The molecule has 0 heterocycles. The van der Waals surface area contributed by atoms with Crippen LogP contribution in [-0.4, -0.2) is 11.2 Å². The molecule has 3 N–H and O–H groups in total. The van der Waals surface area contributed by atoms with Crippen LogP contribution in [-0.2, 0) is 6.18 Å². The van der Waals surface area contributed by atoms with Gasteiger partial charge in [-0.05, 0) is 37.0 Å². The summed E-state index contributed by atoms with van der Waals surface area (Å²) < 4.78 is 51.3.